The molecule has 1 heterocycles. The van der Waals surface area contributed by atoms with Crippen LogP contribution in [-0.4, -0.2) is 30.9 Å². The summed E-state index contributed by atoms with van der Waals surface area (Å²) in [6.45, 7) is 6.97. The van der Waals surface area contributed by atoms with Gasteiger partial charge in [0.25, 0.3) is 0 Å². The molecule has 1 saturated heterocycles. The van der Waals surface area contributed by atoms with Gasteiger partial charge in [-0.1, -0.05) is 13.8 Å². The van der Waals surface area contributed by atoms with Crippen LogP contribution < -0.4 is 16.4 Å². The number of nitrogens with one attached hydrogen (secondary N) is 2. The van der Waals surface area contributed by atoms with E-state index in [1.807, 2.05) is 13.8 Å². The van der Waals surface area contributed by atoms with Crippen molar-refractivity contribution in [1.29, 1.82) is 0 Å². The third-order valence-corrected chi connectivity index (χ3v) is 2.81. The first-order chi connectivity index (χ1) is 7.43. The zero-order valence-electron chi connectivity index (χ0n) is 9.96. The highest BCUT2D eigenvalue weighted by molar-refractivity contribution is 5.97. The molecule has 5 heteroatoms. The van der Waals surface area contributed by atoms with Gasteiger partial charge in [-0.2, -0.15) is 0 Å². The number of amides is 2. The Hall–Kier alpha value is -1.36. The highest BCUT2D eigenvalue weighted by atomic mass is 16.2. The zero-order chi connectivity index (χ0) is 12.3. The topological polar surface area (TPSA) is 84.2 Å². The second-order valence-electron chi connectivity index (χ2n) is 4.43. The van der Waals surface area contributed by atoms with Crippen molar-refractivity contribution < 1.29 is 9.59 Å². The van der Waals surface area contributed by atoms with E-state index in [0.717, 1.165) is 18.7 Å². The number of hydrogen-bond acceptors (Lipinski definition) is 3. The summed E-state index contributed by atoms with van der Waals surface area (Å²) in [5, 5.41) is 5.73. The van der Waals surface area contributed by atoms with Crippen LogP contribution in [0.5, 0.6) is 0 Å². The van der Waals surface area contributed by atoms with Crippen LogP contribution in [0.1, 0.15) is 20.8 Å². The number of nitrogens with two attached hydrogens (primary N) is 1. The summed E-state index contributed by atoms with van der Waals surface area (Å²) in [6, 6.07) is -0.601. The minimum atomic E-state index is -0.601. The average molecular weight is 225 g/mol. The Morgan fingerprint density at radius 2 is 1.94 bits per heavy atom. The minimum absolute atomic E-state index is 0.00114. The molecule has 1 rings (SSSR count). The predicted molar refractivity (Wildman–Crippen MR) is 61.5 cm³/mol. The summed E-state index contributed by atoms with van der Waals surface area (Å²) in [5.41, 5.74) is 7.00. The van der Waals surface area contributed by atoms with Gasteiger partial charge in [0.1, 0.15) is 6.04 Å². The SMILES string of the molecule is CC(C(=O)NC(C(N)=O)C(C)C)=C1CNC1. The van der Waals surface area contributed by atoms with Crippen LogP contribution in [0.25, 0.3) is 0 Å². The van der Waals surface area contributed by atoms with Crippen LogP contribution in [0.15, 0.2) is 11.1 Å². The van der Waals surface area contributed by atoms with Crippen molar-refractivity contribution in [2.24, 2.45) is 11.7 Å². The molecular formula is C11H19N3O2. The molecule has 0 radical (unpaired) electrons. The van der Waals surface area contributed by atoms with E-state index in [2.05, 4.69) is 10.6 Å². The summed E-state index contributed by atoms with van der Waals surface area (Å²) in [6.07, 6.45) is 0. The second-order valence-corrected chi connectivity index (χ2v) is 4.43. The maximum absolute atomic E-state index is 11.8. The summed E-state index contributed by atoms with van der Waals surface area (Å²) in [5.74, 6) is -0.694. The van der Waals surface area contributed by atoms with Crippen molar-refractivity contribution in [3.63, 3.8) is 0 Å². The smallest absolute Gasteiger partial charge is 0.247 e. The van der Waals surface area contributed by atoms with Crippen LogP contribution >= 0.6 is 0 Å². The number of primary amides is 1. The molecule has 1 unspecified atom stereocenters. The quantitative estimate of drug-likeness (QED) is 0.566. The molecule has 5 nitrogen and oxygen atoms in total. The van der Waals surface area contributed by atoms with Crippen molar-refractivity contribution in [3.8, 4) is 0 Å². The fourth-order valence-electron chi connectivity index (χ4n) is 1.49. The van der Waals surface area contributed by atoms with Gasteiger partial charge in [-0.05, 0) is 18.4 Å². The third-order valence-electron chi connectivity index (χ3n) is 2.81. The molecule has 0 aromatic heterocycles. The maximum Gasteiger partial charge on any atom is 0.247 e. The normalized spacial score (nSPS) is 16.6. The molecule has 1 aliphatic rings. The molecule has 0 saturated carbocycles. The molecule has 0 aromatic carbocycles. The van der Waals surface area contributed by atoms with Gasteiger partial charge in [-0.15, -0.1) is 0 Å². The van der Waals surface area contributed by atoms with Crippen LogP contribution in [0, 0.1) is 5.92 Å². The maximum atomic E-state index is 11.8. The highest BCUT2D eigenvalue weighted by Gasteiger charge is 2.24. The van der Waals surface area contributed by atoms with Gasteiger partial charge in [0.05, 0.1) is 0 Å². The predicted octanol–water partition coefficient (Wildman–Crippen LogP) is -0.468. The summed E-state index contributed by atoms with van der Waals surface area (Å²) in [7, 11) is 0. The largest absolute Gasteiger partial charge is 0.368 e. The van der Waals surface area contributed by atoms with Crippen LogP contribution in [0.3, 0.4) is 0 Å². The molecule has 1 aliphatic heterocycles. The number of rotatable bonds is 4. The molecule has 0 aromatic rings. The lowest BCUT2D eigenvalue weighted by molar-refractivity contribution is -0.126. The highest BCUT2D eigenvalue weighted by Crippen LogP contribution is 2.10. The lowest BCUT2D eigenvalue weighted by Gasteiger charge is -2.24. The number of carbonyl (C=O) groups excluding carboxylic acids is 2. The fourth-order valence-corrected chi connectivity index (χ4v) is 1.49. The average Bonchev–Trinajstić information content (AvgIpc) is 2.09. The monoisotopic (exact) mass is 225 g/mol. The second kappa shape index (κ2) is 5.12. The van der Waals surface area contributed by atoms with Crippen molar-refractivity contribution in [2.45, 2.75) is 26.8 Å². The molecule has 0 aliphatic carbocycles. The zero-order valence-corrected chi connectivity index (χ0v) is 9.96. The standard InChI is InChI=1S/C11H19N3O2/c1-6(2)9(10(12)15)14-11(16)7(3)8-4-13-5-8/h6,9,13H,4-5H2,1-3H3,(H2,12,15)(H,14,16). The first-order valence-electron chi connectivity index (χ1n) is 5.43. The van der Waals surface area contributed by atoms with E-state index in [-0.39, 0.29) is 11.8 Å². The molecule has 0 bridgehead atoms. The van der Waals surface area contributed by atoms with E-state index in [9.17, 15) is 9.59 Å². The van der Waals surface area contributed by atoms with E-state index in [4.69, 9.17) is 5.73 Å². The molecule has 1 atom stereocenters. The summed E-state index contributed by atoms with van der Waals surface area (Å²) >= 11 is 0. The molecule has 90 valence electrons. The molecule has 2 amide bonds. The van der Waals surface area contributed by atoms with Gasteiger partial charge >= 0.3 is 0 Å². The lowest BCUT2D eigenvalue weighted by atomic mass is 10.0. The van der Waals surface area contributed by atoms with Gasteiger partial charge < -0.3 is 16.4 Å². The molecular weight excluding hydrogens is 206 g/mol. The minimum Gasteiger partial charge on any atom is -0.368 e. The van der Waals surface area contributed by atoms with Crippen LogP contribution in [0.2, 0.25) is 0 Å². The number of carbonyl (C=O) groups is 2. The third kappa shape index (κ3) is 2.82. The first-order valence-corrected chi connectivity index (χ1v) is 5.43. The van der Waals surface area contributed by atoms with Gasteiger partial charge in [0, 0.05) is 18.7 Å². The van der Waals surface area contributed by atoms with E-state index >= 15 is 0 Å². The Balaban J connectivity index is 2.65. The Morgan fingerprint density at radius 1 is 1.38 bits per heavy atom. The fraction of sp³-hybridized carbons (Fsp3) is 0.636. The molecule has 16 heavy (non-hydrogen) atoms. The Labute approximate surface area is 95.5 Å². The van der Waals surface area contributed by atoms with Gasteiger partial charge in [0.15, 0.2) is 0 Å². The van der Waals surface area contributed by atoms with Crippen molar-refractivity contribution in [3.05, 3.63) is 11.1 Å². The van der Waals surface area contributed by atoms with Crippen molar-refractivity contribution >= 4 is 11.8 Å². The Kier molecular flexibility index (Phi) is 4.06. The van der Waals surface area contributed by atoms with Crippen LogP contribution in [-0.2, 0) is 9.59 Å². The molecule has 0 spiro atoms. The lowest BCUT2D eigenvalue weighted by Crippen LogP contribution is -2.48. The van der Waals surface area contributed by atoms with E-state index in [0.29, 0.717) is 5.57 Å². The van der Waals surface area contributed by atoms with Crippen LogP contribution in [0.4, 0.5) is 0 Å². The van der Waals surface area contributed by atoms with E-state index < -0.39 is 11.9 Å². The molecule has 4 N–H and O–H groups in total. The Bertz CT molecular complexity index is 328. The van der Waals surface area contributed by atoms with Gasteiger partial charge in [0.2, 0.25) is 11.8 Å². The van der Waals surface area contributed by atoms with Crippen molar-refractivity contribution in [1.82, 2.24) is 10.6 Å². The van der Waals surface area contributed by atoms with Gasteiger partial charge in [-0.25, -0.2) is 0 Å². The summed E-state index contributed by atoms with van der Waals surface area (Å²) in [4.78, 5) is 22.9. The first kappa shape index (κ1) is 12.7. The molecule has 1 fully saturated rings. The van der Waals surface area contributed by atoms with E-state index in [1.54, 1.807) is 6.92 Å². The van der Waals surface area contributed by atoms with E-state index in [1.165, 1.54) is 0 Å². The Morgan fingerprint density at radius 3 is 2.25 bits per heavy atom. The number of hydrogen-bond donors (Lipinski definition) is 3. The summed E-state index contributed by atoms with van der Waals surface area (Å²) < 4.78 is 0. The van der Waals surface area contributed by atoms with Crippen molar-refractivity contribution in [2.75, 3.05) is 13.1 Å². The van der Waals surface area contributed by atoms with Gasteiger partial charge in [-0.3, -0.25) is 9.59 Å².